The first-order valence-electron chi connectivity index (χ1n) is 7.16. The largest absolute Gasteiger partial charge is 0.484 e. The summed E-state index contributed by atoms with van der Waals surface area (Å²) in [6.45, 7) is -0.0993. The molecule has 2 aromatic carbocycles. The molecule has 1 aromatic heterocycles. The Hall–Kier alpha value is -3.21. The van der Waals surface area contributed by atoms with Gasteiger partial charge in [-0.2, -0.15) is 5.10 Å². The molecule has 5 nitrogen and oxygen atoms in total. The van der Waals surface area contributed by atoms with Crippen molar-refractivity contribution in [2.24, 2.45) is 5.10 Å². The van der Waals surface area contributed by atoms with Gasteiger partial charge in [-0.05, 0) is 35.0 Å². The Kier molecular flexibility index (Phi) is 4.59. The van der Waals surface area contributed by atoms with Crippen molar-refractivity contribution in [1.82, 2.24) is 10.4 Å². The normalized spacial score (nSPS) is 10.8. The van der Waals surface area contributed by atoms with Crippen LogP contribution in [-0.2, 0) is 4.79 Å². The van der Waals surface area contributed by atoms with Gasteiger partial charge in [-0.25, -0.2) is 5.43 Å². The van der Waals surface area contributed by atoms with Crippen LogP contribution in [0.1, 0.15) is 5.69 Å². The lowest BCUT2D eigenvalue weighted by Gasteiger charge is -2.06. The third kappa shape index (κ3) is 4.14. The zero-order valence-corrected chi connectivity index (χ0v) is 12.3. The summed E-state index contributed by atoms with van der Waals surface area (Å²) in [5.41, 5.74) is 3.07. The van der Waals surface area contributed by atoms with E-state index in [0.717, 1.165) is 10.8 Å². The quantitative estimate of drug-likeness (QED) is 0.582. The van der Waals surface area contributed by atoms with Gasteiger partial charge < -0.3 is 4.74 Å². The summed E-state index contributed by atoms with van der Waals surface area (Å²) in [6.07, 6.45) is 3.14. The number of ether oxygens (including phenoxy) is 1. The number of hydrogen-bond acceptors (Lipinski definition) is 4. The van der Waals surface area contributed by atoms with E-state index >= 15 is 0 Å². The molecule has 0 atom stereocenters. The van der Waals surface area contributed by atoms with Crippen molar-refractivity contribution in [3.05, 3.63) is 72.6 Å². The topological polar surface area (TPSA) is 63.6 Å². The monoisotopic (exact) mass is 305 g/mol. The number of nitrogens with zero attached hydrogens (tertiary/aromatic N) is 2. The van der Waals surface area contributed by atoms with Gasteiger partial charge >= 0.3 is 0 Å². The van der Waals surface area contributed by atoms with Crippen LogP contribution in [-0.4, -0.2) is 23.7 Å². The summed E-state index contributed by atoms with van der Waals surface area (Å²) < 4.78 is 5.48. The lowest BCUT2D eigenvalue weighted by atomic mass is 10.1. The second kappa shape index (κ2) is 7.17. The van der Waals surface area contributed by atoms with E-state index in [-0.39, 0.29) is 12.5 Å². The second-order valence-corrected chi connectivity index (χ2v) is 4.85. The number of nitrogens with one attached hydrogen (secondary N) is 1. The van der Waals surface area contributed by atoms with Crippen LogP contribution in [0.2, 0.25) is 0 Å². The highest BCUT2D eigenvalue weighted by molar-refractivity contribution is 5.84. The summed E-state index contributed by atoms with van der Waals surface area (Å²) in [5, 5.41) is 6.03. The molecule has 0 saturated carbocycles. The highest BCUT2D eigenvalue weighted by atomic mass is 16.5. The maximum absolute atomic E-state index is 11.7. The summed E-state index contributed by atoms with van der Waals surface area (Å²) in [4.78, 5) is 15.8. The van der Waals surface area contributed by atoms with Gasteiger partial charge in [-0.3, -0.25) is 9.78 Å². The minimum Gasteiger partial charge on any atom is -0.484 e. The van der Waals surface area contributed by atoms with Crippen molar-refractivity contribution in [2.75, 3.05) is 6.61 Å². The molecule has 3 rings (SSSR count). The third-order valence-electron chi connectivity index (χ3n) is 3.16. The lowest BCUT2D eigenvalue weighted by Crippen LogP contribution is -2.24. The van der Waals surface area contributed by atoms with E-state index in [0.29, 0.717) is 11.4 Å². The van der Waals surface area contributed by atoms with E-state index in [1.54, 1.807) is 12.3 Å². The molecule has 0 fully saturated rings. The fourth-order valence-corrected chi connectivity index (χ4v) is 2.06. The molecule has 23 heavy (non-hydrogen) atoms. The SMILES string of the molecule is O=C(COc1ccc2ccccc2c1)N/N=C\c1ccccn1. The first kappa shape index (κ1) is 14.7. The van der Waals surface area contributed by atoms with Gasteiger partial charge in [-0.1, -0.05) is 36.4 Å². The Bertz CT molecular complexity index is 832. The molecule has 1 amide bonds. The third-order valence-corrected chi connectivity index (χ3v) is 3.16. The zero-order chi connectivity index (χ0) is 15.9. The molecule has 0 aliphatic carbocycles. The fraction of sp³-hybridized carbons (Fsp3) is 0.0556. The Morgan fingerprint density at radius 1 is 1.09 bits per heavy atom. The maximum atomic E-state index is 11.7. The molecule has 3 aromatic rings. The molecule has 1 N–H and O–H groups in total. The summed E-state index contributed by atoms with van der Waals surface area (Å²) in [6, 6.07) is 19.1. The molecule has 1 heterocycles. The van der Waals surface area contributed by atoms with Crippen LogP contribution < -0.4 is 10.2 Å². The number of fused-ring (bicyclic) bond motifs is 1. The Morgan fingerprint density at radius 3 is 2.74 bits per heavy atom. The molecular formula is C18H15N3O2. The van der Waals surface area contributed by atoms with Gasteiger partial charge in [0.2, 0.25) is 0 Å². The van der Waals surface area contributed by atoms with E-state index in [2.05, 4.69) is 15.5 Å². The number of pyridine rings is 1. The number of carbonyl (C=O) groups excluding carboxylic acids is 1. The van der Waals surface area contributed by atoms with Crippen molar-refractivity contribution < 1.29 is 9.53 Å². The predicted molar refractivity (Wildman–Crippen MR) is 89.4 cm³/mol. The Labute approximate surface area is 133 Å². The van der Waals surface area contributed by atoms with Crippen molar-refractivity contribution in [1.29, 1.82) is 0 Å². The number of benzene rings is 2. The maximum Gasteiger partial charge on any atom is 0.277 e. The Morgan fingerprint density at radius 2 is 1.91 bits per heavy atom. The van der Waals surface area contributed by atoms with Crippen LogP contribution in [0.3, 0.4) is 0 Å². The molecular weight excluding hydrogens is 290 g/mol. The zero-order valence-electron chi connectivity index (χ0n) is 12.3. The molecule has 0 aliphatic rings. The molecule has 114 valence electrons. The van der Waals surface area contributed by atoms with Crippen LogP contribution >= 0.6 is 0 Å². The summed E-state index contributed by atoms with van der Waals surface area (Å²) >= 11 is 0. The molecule has 5 heteroatoms. The van der Waals surface area contributed by atoms with E-state index in [1.807, 2.05) is 54.6 Å². The minimum atomic E-state index is -0.328. The number of rotatable bonds is 5. The van der Waals surface area contributed by atoms with Crippen molar-refractivity contribution in [3.8, 4) is 5.75 Å². The highest BCUT2D eigenvalue weighted by Crippen LogP contribution is 2.20. The van der Waals surface area contributed by atoms with Crippen LogP contribution in [0, 0.1) is 0 Å². The van der Waals surface area contributed by atoms with E-state index < -0.39 is 0 Å². The molecule has 0 radical (unpaired) electrons. The van der Waals surface area contributed by atoms with E-state index in [9.17, 15) is 4.79 Å². The van der Waals surface area contributed by atoms with Crippen LogP contribution in [0.4, 0.5) is 0 Å². The smallest absolute Gasteiger partial charge is 0.277 e. The standard InChI is InChI=1S/C18H15N3O2/c22-18(21-20-12-16-7-3-4-10-19-16)13-23-17-9-8-14-5-1-2-6-15(14)11-17/h1-12H,13H2,(H,21,22)/b20-12-. The number of hydrazone groups is 1. The van der Waals surface area contributed by atoms with Gasteiger partial charge in [-0.15, -0.1) is 0 Å². The van der Waals surface area contributed by atoms with E-state index in [4.69, 9.17) is 4.74 Å². The first-order chi connectivity index (χ1) is 11.3. The molecule has 0 saturated heterocycles. The lowest BCUT2D eigenvalue weighted by molar-refractivity contribution is -0.123. The molecule has 0 bridgehead atoms. The van der Waals surface area contributed by atoms with Gasteiger partial charge in [0, 0.05) is 6.20 Å². The van der Waals surface area contributed by atoms with Gasteiger partial charge in [0.05, 0.1) is 11.9 Å². The van der Waals surface area contributed by atoms with Gasteiger partial charge in [0.1, 0.15) is 5.75 Å². The predicted octanol–water partition coefficient (Wildman–Crippen LogP) is 2.76. The van der Waals surface area contributed by atoms with Crippen LogP contribution in [0.15, 0.2) is 72.0 Å². The number of hydrogen-bond donors (Lipinski definition) is 1. The van der Waals surface area contributed by atoms with Crippen molar-refractivity contribution in [2.45, 2.75) is 0 Å². The number of carbonyl (C=O) groups is 1. The first-order valence-corrected chi connectivity index (χ1v) is 7.16. The summed E-state index contributed by atoms with van der Waals surface area (Å²) in [5.74, 6) is 0.317. The number of amides is 1. The van der Waals surface area contributed by atoms with Gasteiger partial charge in [0.25, 0.3) is 5.91 Å². The average Bonchev–Trinajstić information content (AvgIpc) is 2.61. The van der Waals surface area contributed by atoms with Gasteiger partial charge in [0.15, 0.2) is 6.61 Å². The second-order valence-electron chi connectivity index (χ2n) is 4.85. The molecule has 0 unspecified atom stereocenters. The van der Waals surface area contributed by atoms with E-state index in [1.165, 1.54) is 6.21 Å². The average molecular weight is 305 g/mol. The minimum absolute atomic E-state index is 0.0993. The highest BCUT2D eigenvalue weighted by Gasteiger charge is 2.02. The number of aromatic nitrogens is 1. The Balaban J connectivity index is 1.52. The molecule has 0 spiro atoms. The van der Waals surface area contributed by atoms with Crippen molar-refractivity contribution in [3.63, 3.8) is 0 Å². The van der Waals surface area contributed by atoms with Crippen LogP contribution in [0.25, 0.3) is 10.8 Å². The summed E-state index contributed by atoms with van der Waals surface area (Å²) in [7, 11) is 0. The van der Waals surface area contributed by atoms with Crippen molar-refractivity contribution >= 4 is 22.9 Å². The fourth-order valence-electron chi connectivity index (χ4n) is 2.06. The van der Waals surface area contributed by atoms with Crippen LogP contribution in [0.5, 0.6) is 5.75 Å². The molecule has 0 aliphatic heterocycles.